The zero-order valence-corrected chi connectivity index (χ0v) is 14.3. The number of aryl methyl sites for hydroxylation is 1. The van der Waals surface area contributed by atoms with Gasteiger partial charge in [-0.05, 0) is 42.8 Å². The number of anilines is 1. The Hall–Kier alpha value is -1.43. The lowest BCUT2D eigenvalue weighted by Gasteiger charge is -2.12. The summed E-state index contributed by atoms with van der Waals surface area (Å²) >= 11 is 14.3. The second-order valence-corrected chi connectivity index (χ2v) is 6.26. The van der Waals surface area contributed by atoms with Crippen LogP contribution in [0.2, 0.25) is 5.02 Å². The fraction of sp³-hybridized carbons (Fsp3) is 0.0667. The van der Waals surface area contributed by atoms with Crippen LogP contribution in [0.25, 0.3) is 0 Å². The SMILES string of the molecule is Cc1ccc(Br)cc1C(=O)Nc1cc(Cl)ccc1C(N)=S. The molecule has 3 N–H and O–H groups in total. The van der Waals surface area contributed by atoms with Gasteiger partial charge in [-0.15, -0.1) is 0 Å². The second-order valence-electron chi connectivity index (χ2n) is 4.47. The van der Waals surface area contributed by atoms with Crippen molar-refractivity contribution in [3.63, 3.8) is 0 Å². The third-order valence-corrected chi connectivity index (χ3v) is 3.89. The monoisotopic (exact) mass is 382 g/mol. The van der Waals surface area contributed by atoms with Crippen LogP contribution < -0.4 is 11.1 Å². The molecular weight excluding hydrogens is 372 g/mol. The number of hydrogen-bond acceptors (Lipinski definition) is 2. The summed E-state index contributed by atoms with van der Waals surface area (Å²) in [6.45, 7) is 1.87. The fourth-order valence-corrected chi connectivity index (χ4v) is 2.57. The van der Waals surface area contributed by atoms with Gasteiger partial charge in [-0.25, -0.2) is 0 Å². The van der Waals surface area contributed by atoms with E-state index in [-0.39, 0.29) is 10.9 Å². The van der Waals surface area contributed by atoms with Crippen LogP contribution in [0.3, 0.4) is 0 Å². The molecule has 0 spiro atoms. The van der Waals surface area contributed by atoms with E-state index in [0.29, 0.717) is 21.8 Å². The van der Waals surface area contributed by atoms with Crippen molar-refractivity contribution in [1.29, 1.82) is 0 Å². The smallest absolute Gasteiger partial charge is 0.255 e. The van der Waals surface area contributed by atoms with Gasteiger partial charge in [-0.2, -0.15) is 0 Å². The number of carbonyl (C=O) groups excluding carboxylic acids is 1. The molecule has 2 rings (SSSR count). The van der Waals surface area contributed by atoms with Crippen molar-refractivity contribution in [2.45, 2.75) is 6.92 Å². The maximum absolute atomic E-state index is 12.4. The highest BCUT2D eigenvalue weighted by molar-refractivity contribution is 9.10. The third-order valence-electron chi connectivity index (χ3n) is 2.94. The number of hydrogen-bond donors (Lipinski definition) is 2. The van der Waals surface area contributed by atoms with E-state index in [1.54, 1.807) is 24.3 Å². The average Bonchev–Trinajstić information content (AvgIpc) is 2.41. The van der Waals surface area contributed by atoms with E-state index >= 15 is 0 Å². The van der Waals surface area contributed by atoms with Crippen LogP contribution >= 0.6 is 39.7 Å². The standard InChI is InChI=1S/C15H12BrClN2OS/c1-8-2-3-9(16)6-12(8)15(20)19-13-7-10(17)4-5-11(13)14(18)21/h2-7H,1H3,(H2,18,21)(H,19,20). The maximum Gasteiger partial charge on any atom is 0.255 e. The number of halogens is 2. The van der Waals surface area contributed by atoms with Gasteiger partial charge >= 0.3 is 0 Å². The lowest BCUT2D eigenvalue weighted by atomic mass is 10.1. The first-order valence-corrected chi connectivity index (χ1v) is 7.63. The first kappa shape index (κ1) is 15.9. The molecule has 0 fully saturated rings. The quantitative estimate of drug-likeness (QED) is 0.777. The Morgan fingerprint density at radius 3 is 2.62 bits per heavy atom. The zero-order chi connectivity index (χ0) is 15.6. The Labute approximate surface area is 141 Å². The average molecular weight is 384 g/mol. The predicted molar refractivity (Wildman–Crippen MR) is 94.2 cm³/mol. The van der Waals surface area contributed by atoms with Crippen LogP contribution in [0.15, 0.2) is 40.9 Å². The lowest BCUT2D eigenvalue weighted by Crippen LogP contribution is -2.18. The van der Waals surface area contributed by atoms with Crippen molar-refractivity contribution in [2.75, 3.05) is 5.32 Å². The van der Waals surface area contributed by atoms with Crippen LogP contribution in [-0.2, 0) is 0 Å². The van der Waals surface area contributed by atoms with Crippen molar-refractivity contribution >= 4 is 56.3 Å². The van der Waals surface area contributed by atoms with E-state index in [4.69, 9.17) is 29.6 Å². The highest BCUT2D eigenvalue weighted by Gasteiger charge is 2.13. The van der Waals surface area contributed by atoms with E-state index in [2.05, 4.69) is 21.2 Å². The second kappa shape index (κ2) is 6.56. The van der Waals surface area contributed by atoms with E-state index in [1.165, 1.54) is 0 Å². The Morgan fingerprint density at radius 2 is 1.95 bits per heavy atom. The van der Waals surface area contributed by atoms with Gasteiger partial charge in [0, 0.05) is 20.6 Å². The van der Waals surface area contributed by atoms with Gasteiger partial charge in [0.2, 0.25) is 0 Å². The Morgan fingerprint density at radius 1 is 1.24 bits per heavy atom. The first-order chi connectivity index (χ1) is 9.88. The predicted octanol–water partition coefficient (Wildman–Crippen LogP) is 4.30. The molecule has 0 radical (unpaired) electrons. The van der Waals surface area contributed by atoms with Gasteiger partial charge in [0.25, 0.3) is 5.91 Å². The summed E-state index contributed by atoms with van der Waals surface area (Å²) in [5.74, 6) is -0.242. The van der Waals surface area contributed by atoms with Crippen molar-refractivity contribution < 1.29 is 4.79 Å². The third kappa shape index (κ3) is 3.81. The molecule has 0 heterocycles. The fourth-order valence-electron chi connectivity index (χ4n) is 1.86. The minimum atomic E-state index is -0.242. The number of nitrogens with two attached hydrogens (primary N) is 1. The molecule has 3 nitrogen and oxygen atoms in total. The number of nitrogens with one attached hydrogen (secondary N) is 1. The normalized spacial score (nSPS) is 10.2. The molecule has 0 aliphatic heterocycles. The molecule has 2 aromatic carbocycles. The number of carbonyl (C=O) groups is 1. The van der Waals surface area contributed by atoms with E-state index in [0.717, 1.165) is 10.0 Å². The number of amides is 1. The lowest BCUT2D eigenvalue weighted by molar-refractivity contribution is 0.102. The Bertz CT molecular complexity index is 734. The molecule has 21 heavy (non-hydrogen) atoms. The molecule has 108 valence electrons. The minimum Gasteiger partial charge on any atom is -0.389 e. The zero-order valence-electron chi connectivity index (χ0n) is 11.1. The van der Waals surface area contributed by atoms with Crippen LogP contribution in [0, 0.1) is 6.92 Å². The van der Waals surface area contributed by atoms with Gasteiger partial charge in [-0.1, -0.05) is 45.8 Å². The molecule has 6 heteroatoms. The summed E-state index contributed by atoms with van der Waals surface area (Å²) in [5, 5.41) is 3.30. The Balaban J connectivity index is 2.38. The van der Waals surface area contributed by atoms with Gasteiger partial charge < -0.3 is 11.1 Å². The van der Waals surface area contributed by atoms with Crippen molar-refractivity contribution in [2.24, 2.45) is 5.73 Å². The molecule has 0 aromatic heterocycles. The molecule has 0 atom stereocenters. The van der Waals surface area contributed by atoms with E-state index in [9.17, 15) is 4.79 Å². The molecule has 1 amide bonds. The van der Waals surface area contributed by atoms with Crippen molar-refractivity contribution in [1.82, 2.24) is 0 Å². The summed E-state index contributed by atoms with van der Waals surface area (Å²) in [5.41, 5.74) is 8.18. The highest BCUT2D eigenvalue weighted by Crippen LogP contribution is 2.23. The number of thiocarbonyl (C=S) groups is 1. The van der Waals surface area contributed by atoms with Crippen molar-refractivity contribution in [3.05, 3.63) is 62.6 Å². The van der Waals surface area contributed by atoms with Crippen LogP contribution in [0.4, 0.5) is 5.69 Å². The van der Waals surface area contributed by atoms with Gasteiger partial charge in [0.15, 0.2) is 0 Å². The topological polar surface area (TPSA) is 55.1 Å². The minimum absolute atomic E-state index is 0.202. The summed E-state index contributed by atoms with van der Waals surface area (Å²) in [7, 11) is 0. The Kier molecular flexibility index (Phi) is 4.98. The molecule has 0 aliphatic carbocycles. The van der Waals surface area contributed by atoms with Gasteiger partial charge in [0.1, 0.15) is 4.99 Å². The number of rotatable bonds is 3. The van der Waals surface area contributed by atoms with Gasteiger partial charge in [-0.3, -0.25) is 4.79 Å². The molecular formula is C15H12BrClN2OS. The van der Waals surface area contributed by atoms with E-state index in [1.807, 2.05) is 19.1 Å². The molecule has 0 saturated carbocycles. The first-order valence-electron chi connectivity index (χ1n) is 6.05. The van der Waals surface area contributed by atoms with Crippen LogP contribution in [0.5, 0.6) is 0 Å². The largest absolute Gasteiger partial charge is 0.389 e. The number of benzene rings is 2. The summed E-state index contributed by atoms with van der Waals surface area (Å²) in [6, 6.07) is 10.5. The summed E-state index contributed by atoms with van der Waals surface area (Å²) in [6.07, 6.45) is 0. The summed E-state index contributed by atoms with van der Waals surface area (Å²) < 4.78 is 0.832. The maximum atomic E-state index is 12.4. The summed E-state index contributed by atoms with van der Waals surface area (Å²) in [4.78, 5) is 12.6. The molecule has 2 aromatic rings. The molecule has 0 unspecified atom stereocenters. The van der Waals surface area contributed by atoms with Gasteiger partial charge in [0.05, 0.1) is 5.69 Å². The molecule has 0 bridgehead atoms. The molecule has 0 aliphatic rings. The van der Waals surface area contributed by atoms with Crippen LogP contribution in [0.1, 0.15) is 21.5 Å². The van der Waals surface area contributed by atoms with Crippen molar-refractivity contribution in [3.8, 4) is 0 Å². The van der Waals surface area contributed by atoms with Crippen LogP contribution in [-0.4, -0.2) is 10.9 Å². The highest BCUT2D eigenvalue weighted by atomic mass is 79.9. The van der Waals surface area contributed by atoms with E-state index < -0.39 is 0 Å². The molecule has 0 saturated heterocycles.